The van der Waals surface area contributed by atoms with E-state index >= 15 is 0 Å². The molecular weight excluding hydrogens is 599 g/mol. The lowest BCUT2D eigenvalue weighted by atomic mass is 9.94. The second-order valence-electron chi connectivity index (χ2n) is 9.76. The summed E-state index contributed by atoms with van der Waals surface area (Å²) in [6, 6.07) is 7.69. The normalized spacial score (nSPS) is 13.7. The Morgan fingerprint density at radius 1 is 0.841 bits per heavy atom. The van der Waals surface area contributed by atoms with Crippen LogP contribution < -0.4 is 26.0 Å². The van der Waals surface area contributed by atoms with Gasteiger partial charge in [0.1, 0.15) is 24.4 Å². The van der Waals surface area contributed by atoms with Crippen LogP contribution in [0.5, 0.6) is 5.75 Å². The molecule has 0 aliphatic rings. The third-order valence-electron chi connectivity index (χ3n) is 6.13. The molecule has 2 unspecified atom stereocenters. The highest BCUT2D eigenvalue weighted by molar-refractivity contribution is 6.10. The molecule has 0 fully saturated rings. The van der Waals surface area contributed by atoms with Crippen LogP contribution >= 0.6 is 0 Å². The monoisotopic (exact) mass is 630 g/mol. The van der Waals surface area contributed by atoms with Gasteiger partial charge in [0.25, 0.3) is 11.8 Å². The second kappa shape index (κ2) is 15.2. The van der Waals surface area contributed by atoms with Crippen LogP contribution in [0.15, 0.2) is 54.6 Å². The zero-order chi connectivity index (χ0) is 33.2. The first-order chi connectivity index (χ1) is 20.5. The fraction of sp³-hybridized carbons (Fsp3) is 0.393. The number of hydrogen-bond acceptors (Lipinski definition) is 7. The molecule has 2 aromatic carbocycles. The Balaban J connectivity index is 2.34. The van der Waals surface area contributed by atoms with Gasteiger partial charge in [0.15, 0.2) is 0 Å². The average molecular weight is 631 g/mol. The first-order valence-electron chi connectivity index (χ1n) is 13.0. The fourth-order valence-corrected chi connectivity index (χ4v) is 3.73. The van der Waals surface area contributed by atoms with Gasteiger partial charge in [-0.3, -0.25) is 24.0 Å². The zero-order valence-corrected chi connectivity index (χ0v) is 23.7. The Kier molecular flexibility index (Phi) is 12.3. The number of ether oxygens (including phenoxy) is 1. The number of Topliss-reactive ketones (excluding diaryl/α,β-unsaturated/α-hetero) is 1. The summed E-state index contributed by atoms with van der Waals surface area (Å²) in [5.41, 5.74) is 0.203. The number of methoxy groups -OCH3 is 1. The van der Waals surface area contributed by atoms with E-state index in [-0.39, 0.29) is 11.1 Å². The number of aliphatic hydroxyl groups excluding tert-OH is 1. The molecule has 0 aliphatic heterocycles. The quantitative estimate of drug-likeness (QED) is 0.157. The highest BCUT2D eigenvalue weighted by Gasteiger charge is 2.52. The number of nitrogens with one attached hydrogen (secondary N) is 4. The van der Waals surface area contributed by atoms with E-state index in [0.29, 0.717) is 5.75 Å². The number of alkyl halides is 5. The third-order valence-corrected chi connectivity index (χ3v) is 6.13. The minimum Gasteiger partial charge on any atom is -0.497 e. The van der Waals surface area contributed by atoms with Gasteiger partial charge in [-0.1, -0.05) is 44.2 Å². The summed E-state index contributed by atoms with van der Waals surface area (Å²) >= 11 is 0. The van der Waals surface area contributed by atoms with Crippen LogP contribution in [0, 0.1) is 5.92 Å². The number of halogens is 5. The number of rotatable bonds is 14. The van der Waals surface area contributed by atoms with Gasteiger partial charge in [-0.25, -0.2) is 0 Å². The molecule has 0 bridgehead atoms. The van der Waals surface area contributed by atoms with Crippen LogP contribution in [-0.4, -0.2) is 79.0 Å². The number of ketones is 1. The predicted octanol–water partition coefficient (Wildman–Crippen LogP) is 1.67. The van der Waals surface area contributed by atoms with E-state index in [9.17, 15) is 51.0 Å². The predicted molar refractivity (Wildman–Crippen MR) is 144 cm³/mol. The highest BCUT2D eigenvalue weighted by Crippen LogP contribution is 2.24. The summed E-state index contributed by atoms with van der Waals surface area (Å²) in [4.78, 5) is 63.5. The summed E-state index contributed by atoms with van der Waals surface area (Å²) in [6.07, 6.45) is -5.03. The number of amides is 4. The lowest BCUT2D eigenvalue weighted by Gasteiger charge is -2.28. The van der Waals surface area contributed by atoms with Crippen molar-refractivity contribution in [2.24, 2.45) is 5.92 Å². The SMILES string of the molecule is COc1ccc(C(NC(=O)C(CO)NC(=O)c2ccccc2)C(=O)N[C@H](C(=O)C(F)(F)C(=O)NCC(F)(F)F)C(C)C)cc1. The number of benzene rings is 2. The zero-order valence-electron chi connectivity index (χ0n) is 23.7. The highest BCUT2D eigenvalue weighted by atomic mass is 19.4. The first-order valence-corrected chi connectivity index (χ1v) is 13.0. The maximum atomic E-state index is 14.6. The molecule has 4 amide bonds. The molecular formula is C28H31F5N4O7. The van der Waals surface area contributed by atoms with Crippen molar-refractivity contribution in [1.29, 1.82) is 0 Å². The Labute approximate surface area is 248 Å². The van der Waals surface area contributed by atoms with Gasteiger partial charge < -0.3 is 31.1 Å². The smallest absolute Gasteiger partial charge is 0.405 e. The number of aliphatic hydroxyl groups is 1. The van der Waals surface area contributed by atoms with Crippen LogP contribution in [0.1, 0.15) is 35.8 Å². The largest absolute Gasteiger partial charge is 0.497 e. The number of carbonyl (C=O) groups is 5. The topological polar surface area (TPSA) is 163 Å². The van der Waals surface area contributed by atoms with Crippen molar-refractivity contribution in [2.75, 3.05) is 20.3 Å². The molecule has 2 aromatic rings. The van der Waals surface area contributed by atoms with E-state index in [4.69, 9.17) is 4.74 Å². The Hall–Kier alpha value is -4.60. The molecule has 0 heterocycles. The van der Waals surface area contributed by atoms with Crippen molar-refractivity contribution in [2.45, 2.75) is 44.1 Å². The Morgan fingerprint density at radius 3 is 1.93 bits per heavy atom. The lowest BCUT2D eigenvalue weighted by molar-refractivity contribution is -0.165. The van der Waals surface area contributed by atoms with Gasteiger partial charge >= 0.3 is 12.1 Å². The van der Waals surface area contributed by atoms with E-state index in [0.717, 1.165) is 5.32 Å². The van der Waals surface area contributed by atoms with Crippen molar-refractivity contribution < 1.29 is 55.8 Å². The van der Waals surface area contributed by atoms with Crippen molar-refractivity contribution in [3.63, 3.8) is 0 Å². The minimum atomic E-state index is -5.03. The van der Waals surface area contributed by atoms with Crippen molar-refractivity contribution in [1.82, 2.24) is 21.3 Å². The molecule has 0 saturated carbocycles. The van der Waals surface area contributed by atoms with Crippen molar-refractivity contribution in [3.8, 4) is 5.75 Å². The maximum absolute atomic E-state index is 14.6. The molecule has 0 radical (unpaired) electrons. The number of hydrogen-bond donors (Lipinski definition) is 5. The van der Waals surface area contributed by atoms with Gasteiger partial charge in [-0.15, -0.1) is 0 Å². The summed E-state index contributed by atoms with van der Waals surface area (Å²) in [6.45, 7) is -0.567. The van der Waals surface area contributed by atoms with Crippen molar-refractivity contribution in [3.05, 3.63) is 65.7 Å². The molecule has 0 aliphatic carbocycles. The van der Waals surface area contributed by atoms with Crippen LogP contribution in [0.4, 0.5) is 22.0 Å². The van der Waals surface area contributed by atoms with E-state index in [1.165, 1.54) is 57.4 Å². The molecule has 44 heavy (non-hydrogen) atoms. The average Bonchev–Trinajstić information content (AvgIpc) is 2.99. The van der Waals surface area contributed by atoms with Gasteiger partial charge in [-0.05, 0) is 35.7 Å². The molecule has 0 saturated heterocycles. The second-order valence-corrected chi connectivity index (χ2v) is 9.76. The van der Waals surface area contributed by atoms with E-state index in [2.05, 4.69) is 10.6 Å². The number of carbonyl (C=O) groups excluding carboxylic acids is 5. The maximum Gasteiger partial charge on any atom is 0.405 e. The molecule has 16 heteroatoms. The van der Waals surface area contributed by atoms with E-state index in [1.807, 2.05) is 5.32 Å². The van der Waals surface area contributed by atoms with Crippen LogP contribution in [-0.2, 0) is 19.2 Å². The van der Waals surface area contributed by atoms with Gasteiger partial charge in [0.2, 0.25) is 17.6 Å². The van der Waals surface area contributed by atoms with E-state index < -0.39 is 78.7 Å². The molecule has 2 rings (SSSR count). The summed E-state index contributed by atoms with van der Waals surface area (Å²) in [7, 11) is 1.35. The van der Waals surface area contributed by atoms with Gasteiger partial charge in [0, 0.05) is 5.56 Å². The van der Waals surface area contributed by atoms with Crippen molar-refractivity contribution >= 4 is 29.4 Å². The lowest BCUT2D eigenvalue weighted by Crippen LogP contribution is -2.58. The van der Waals surface area contributed by atoms with Crippen LogP contribution in [0.2, 0.25) is 0 Å². The summed E-state index contributed by atoms with van der Waals surface area (Å²) in [5.74, 6) is -13.5. The van der Waals surface area contributed by atoms with Crippen LogP contribution in [0.3, 0.4) is 0 Å². The van der Waals surface area contributed by atoms with Gasteiger partial charge in [0.05, 0.1) is 19.8 Å². The Morgan fingerprint density at radius 2 is 1.43 bits per heavy atom. The summed E-state index contributed by atoms with van der Waals surface area (Å²) in [5, 5.41) is 17.4. The molecule has 11 nitrogen and oxygen atoms in total. The summed E-state index contributed by atoms with van der Waals surface area (Å²) < 4.78 is 71.6. The third kappa shape index (κ3) is 9.72. The van der Waals surface area contributed by atoms with Gasteiger partial charge in [-0.2, -0.15) is 22.0 Å². The van der Waals surface area contributed by atoms with Crippen LogP contribution in [0.25, 0.3) is 0 Å². The fourth-order valence-electron chi connectivity index (χ4n) is 3.73. The molecule has 3 atom stereocenters. The molecule has 0 spiro atoms. The minimum absolute atomic E-state index is 0.0485. The first kappa shape index (κ1) is 35.6. The molecule has 0 aromatic heterocycles. The molecule has 240 valence electrons. The Bertz CT molecular complexity index is 1320. The standard InChI is InChI=1S/C28H31F5N4O7/c1-15(2)20(22(39)28(32,33)26(43)34-14-27(29,30)31)36-25(42)21(16-9-11-18(44-3)12-10-16)37-24(41)19(13-38)35-23(40)17-7-5-4-6-8-17/h4-12,15,19-21,38H,13-14H2,1-3H3,(H,34,43)(H,35,40)(H,36,42)(H,37,41)/t19?,20-,21?/m0/s1. The molecule has 5 N–H and O–H groups in total. The van der Waals surface area contributed by atoms with E-state index in [1.54, 1.807) is 18.2 Å².